The van der Waals surface area contributed by atoms with Gasteiger partial charge in [-0.3, -0.25) is 4.79 Å². The Labute approximate surface area is 165 Å². The second-order valence-electron chi connectivity index (χ2n) is 7.10. The van der Waals surface area contributed by atoms with Gasteiger partial charge in [-0.15, -0.1) is 0 Å². The number of ether oxygens (including phenoxy) is 1. The zero-order valence-corrected chi connectivity index (χ0v) is 16.7. The van der Waals surface area contributed by atoms with Gasteiger partial charge in [0.25, 0.3) is 5.91 Å². The predicted octanol–water partition coefficient (Wildman–Crippen LogP) is 4.17. The van der Waals surface area contributed by atoms with Crippen LogP contribution in [0.1, 0.15) is 30.9 Å². The molecule has 0 radical (unpaired) electrons. The van der Waals surface area contributed by atoms with E-state index in [2.05, 4.69) is 10.1 Å². The lowest BCUT2D eigenvalue weighted by molar-refractivity contribution is -0.136. The van der Waals surface area contributed by atoms with Crippen molar-refractivity contribution < 1.29 is 14.1 Å². The van der Waals surface area contributed by atoms with Crippen LogP contribution in [0.3, 0.4) is 0 Å². The second-order valence-corrected chi connectivity index (χ2v) is 7.10. The van der Waals surface area contributed by atoms with Gasteiger partial charge in [-0.1, -0.05) is 47.1 Å². The van der Waals surface area contributed by atoms with Crippen molar-refractivity contribution in [3.8, 4) is 17.1 Å². The first kappa shape index (κ1) is 19.6. The van der Waals surface area contributed by atoms with Crippen molar-refractivity contribution in [1.82, 2.24) is 15.0 Å². The van der Waals surface area contributed by atoms with E-state index in [1.165, 1.54) is 0 Å². The van der Waals surface area contributed by atoms with E-state index in [4.69, 9.17) is 9.26 Å². The Morgan fingerprint density at radius 1 is 1.11 bits per heavy atom. The minimum Gasteiger partial charge on any atom is -0.484 e. The van der Waals surface area contributed by atoms with Crippen LogP contribution < -0.4 is 4.74 Å². The van der Waals surface area contributed by atoms with Crippen LogP contribution in [-0.2, 0) is 11.3 Å². The highest BCUT2D eigenvalue weighted by Gasteiger charge is 2.21. The normalized spacial score (nSPS) is 10.9. The van der Waals surface area contributed by atoms with E-state index in [9.17, 15) is 4.79 Å². The summed E-state index contributed by atoms with van der Waals surface area (Å²) in [7, 11) is 0. The molecule has 0 atom stereocenters. The molecule has 0 bridgehead atoms. The van der Waals surface area contributed by atoms with Crippen LogP contribution in [0.15, 0.2) is 53.1 Å². The van der Waals surface area contributed by atoms with E-state index in [1.807, 2.05) is 76.2 Å². The summed E-state index contributed by atoms with van der Waals surface area (Å²) in [4.78, 5) is 18.8. The SMILES string of the molecule is Cc1ccc(-c2noc(CN(C(=O)COc3cccc(C)c3)C(C)C)n2)cc1. The van der Waals surface area contributed by atoms with Crippen LogP contribution in [0.25, 0.3) is 11.4 Å². The molecule has 28 heavy (non-hydrogen) atoms. The first-order valence-corrected chi connectivity index (χ1v) is 9.31. The van der Waals surface area contributed by atoms with Crippen molar-refractivity contribution >= 4 is 5.91 Å². The average Bonchev–Trinajstić information content (AvgIpc) is 3.13. The van der Waals surface area contributed by atoms with Gasteiger partial charge in [0.1, 0.15) is 12.3 Å². The molecule has 6 nitrogen and oxygen atoms in total. The Morgan fingerprint density at radius 2 is 1.86 bits per heavy atom. The molecule has 6 heteroatoms. The lowest BCUT2D eigenvalue weighted by atomic mass is 10.1. The standard InChI is InChI=1S/C22H25N3O3/c1-15(2)25(21(26)14-27-19-7-5-6-17(4)12-19)13-20-23-22(24-28-20)18-10-8-16(3)9-11-18/h5-12,15H,13-14H2,1-4H3. The smallest absolute Gasteiger partial charge is 0.261 e. The number of carbonyl (C=O) groups excluding carboxylic acids is 1. The third kappa shape index (κ3) is 4.97. The zero-order valence-electron chi connectivity index (χ0n) is 16.7. The van der Waals surface area contributed by atoms with E-state index in [1.54, 1.807) is 4.90 Å². The first-order chi connectivity index (χ1) is 13.4. The number of aromatic nitrogens is 2. The van der Waals surface area contributed by atoms with E-state index < -0.39 is 0 Å². The van der Waals surface area contributed by atoms with Crippen LogP contribution in [0.2, 0.25) is 0 Å². The summed E-state index contributed by atoms with van der Waals surface area (Å²) >= 11 is 0. The van der Waals surface area contributed by atoms with E-state index >= 15 is 0 Å². The Hall–Kier alpha value is -3.15. The number of nitrogens with zero attached hydrogens (tertiary/aromatic N) is 3. The third-order valence-electron chi connectivity index (χ3n) is 4.38. The van der Waals surface area contributed by atoms with Gasteiger partial charge in [-0.05, 0) is 45.4 Å². The minimum atomic E-state index is -0.133. The molecule has 0 fully saturated rings. The van der Waals surface area contributed by atoms with Gasteiger partial charge in [0.2, 0.25) is 11.7 Å². The van der Waals surface area contributed by atoms with Gasteiger partial charge in [0.05, 0.1) is 0 Å². The number of benzene rings is 2. The topological polar surface area (TPSA) is 68.5 Å². The summed E-state index contributed by atoms with van der Waals surface area (Å²) in [6.07, 6.45) is 0. The fraction of sp³-hybridized carbons (Fsp3) is 0.318. The molecule has 1 amide bonds. The average molecular weight is 379 g/mol. The number of carbonyl (C=O) groups is 1. The van der Waals surface area contributed by atoms with Gasteiger partial charge in [-0.2, -0.15) is 4.98 Å². The summed E-state index contributed by atoms with van der Waals surface area (Å²) in [6, 6.07) is 15.5. The molecular formula is C22H25N3O3. The minimum absolute atomic E-state index is 0.0247. The molecule has 0 N–H and O–H groups in total. The van der Waals surface area contributed by atoms with Crippen molar-refractivity contribution in [1.29, 1.82) is 0 Å². The molecule has 3 rings (SSSR count). The maximum Gasteiger partial charge on any atom is 0.261 e. The molecule has 0 aliphatic carbocycles. The van der Waals surface area contributed by atoms with Crippen molar-refractivity contribution in [2.24, 2.45) is 0 Å². The quantitative estimate of drug-likeness (QED) is 0.616. The van der Waals surface area contributed by atoms with Crippen molar-refractivity contribution in [3.63, 3.8) is 0 Å². The van der Waals surface area contributed by atoms with Crippen LogP contribution in [0.4, 0.5) is 0 Å². The van der Waals surface area contributed by atoms with Crippen LogP contribution >= 0.6 is 0 Å². The Bertz CT molecular complexity index is 932. The van der Waals surface area contributed by atoms with E-state index in [0.717, 1.165) is 16.7 Å². The maximum atomic E-state index is 12.7. The second kappa shape index (κ2) is 8.69. The van der Waals surface area contributed by atoms with Crippen molar-refractivity contribution in [2.75, 3.05) is 6.61 Å². The summed E-state index contributed by atoms with van der Waals surface area (Å²) in [5.74, 6) is 1.46. The molecule has 3 aromatic rings. The molecule has 0 aliphatic heterocycles. The Morgan fingerprint density at radius 3 is 2.54 bits per heavy atom. The third-order valence-corrected chi connectivity index (χ3v) is 4.38. The van der Waals surface area contributed by atoms with Crippen LogP contribution in [0, 0.1) is 13.8 Å². The molecular weight excluding hydrogens is 354 g/mol. The number of rotatable bonds is 7. The zero-order chi connectivity index (χ0) is 20.1. The first-order valence-electron chi connectivity index (χ1n) is 9.31. The maximum absolute atomic E-state index is 12.7. The van der Waals surface area contributed by atoms with E-state index in [0.29, 0.717) is 17.5 Å². The molecule has 1 heterocycles. The Balaban J connectivity index is 1.65. The molecule has 146 valence electrons. The van der Waals surface area contributed by atoms with Crippen molar-refractivity contribution in [2.45, 2.75) is 40.3 Å². The van der Waals surface area contributed by atoms with Gasteiger partial charge in [0, 0.05) is 11.6 Å². The largest absolute Gasteiger partial charge is 0.484 e. The van der Waals surface area contributed by atoms with E-state index in [-0.39, 0.29) is 25.1 Å². The molecule has 0 saturated carbocycles. The number of hydrogen-bond donors (Lipinski definition) is 0. The van der Waals surface area contributed by atoms with Crippen LogP contribution in [-0.4, -0.2) is 33.6 Å². The fourth-order valence-electron chi connectivity index (χ4n) is 2.78. The van der Waals surface area contributed by atoms with Gasteiger partial charge < -0.3 is 14.2 Å². The molecule has 0 unspecified atom stereocenters. The highest BCUT2D eigenvalue weighted by atomic mass is 16.5. The number of hydrogen-bond acceptors (Lipinski definition) is 5. The lowest BCUT2D eigenvalue weighted by Gasteiger charge is -2.25. The van der Waals surface area contributed by atoms with Gasteiger partial charge in [0.15, 0.2) is 6.61 Å². The fourth-order valence-corrected chi connectivity index (χ4v) is 2.78. The molecule has 0 aliphatic rings. The van der Waals surface area contributed by atoms with Gasteiger partial charge >= 0.3 is 0 Å². The summed E-state index contributed by atoms with van der Waals surface area (Å²) in [6.45, 7) is 8.10. The Kier molecular flexibility index (Phi) is 6.09. The van der Waals surface area contributed by atoms with Crippen molar-refractivity contribution in [3.05, 3.63) is 65.5 Å². The molecule has 1 aromatic heterocycles. The van der Waals surface area contributed by atoms with Gasteiger partial charge in [-0.25, -0.2) is 0 Å². The number of amides is 1. The molecule has 0 saturated heterocycles. The highest BCUT2D eigenvalue weighted by molar-refractivity contribution is 5.78. The van der Waals surface area contributed by atoms with Crippen LogP contribution in [0.5, 0.6) is 5.75 Å². The molecule has 0 spiro atoms. The number of aryl methyl sites for hydroxylation is 2. The lowest BCUT2D eigenvalue weighted by Crippen LogP contribution is -2.39. The molecule has 2 aromatic carbocycles. The monoisotopic (exact) mass is 379 g/mol. The summed E-state index contributed by atoms with van der Waals surface area (Å²) in [5.41, 5.74) is 3.13. The highest BCUT2D eigenvalue weighted by Crippen LogP contribution is 2.18. The predicted molar refractivity (Wildman–Crippen MR) is 107 cm³/mol. The summed E-state index contributed by atoms with van der Waals surface area (Å²) in [5, 5.41) is 4.04. The summed E-state index contributed by atoms with van der Waals surface area (Å²) < 4.78 is 11.0.